The molecule has 2 atom stereocenters. The fraction of sp³-hybridized carbons (Fsp3) is 0.438. The van der Waals surface area contributed by atoms with Crippen molar-refractivity contribution in [2.45, 2.75) is 46.7 Å². The largest absolute Gasteiger partial charge is 0.303 e. The van der Waals surface area contributed by atoms with Crippen LogP contribution in [0.2, 0.25) is 0 Å². The third kappa shape index (κ3) is 3.23. The molecule has 0 aliphatic heterocycles. The van der Waals surface area contributed by atoms with E-state index >= 15 is 0 Å². The van der Waals surface area contributed by atoms with E-state index in [1.165, 1.54) is 16.0 Å². The molecule has 2 rings (SSSR count). The molecule has 102 valence electrons. The Hall–Kier alpha value is -1.19. The second-order valence-electron chi connectivity index (χ2n) is 5.15. The van der Waals surface area contributed by atoms with Crippen LogP contribution in [-0.2, 0) is 0 Å². The van der Waals surface area contributed by atoms with Gasteiger partial charge in [0, 0.05) is 17.0 Å². The molecule has 3 heteroatoms. The summed E-state index contributed by atoms with van der Waals surface area (Å²) in [6.07, 6.45) is 0. The Bertz CT molecular complexity index is 560. The van der Waals surface area contributed by atoms with E-state index in [1.54, 1.807) is 11.3 Å². The van der Waals surface area contributed by atoms with Gasteiger partial charge in [-0.3, -0.25) is 0 Å². The molecule has 0 bridgehead atoms. The van der Waals surface area contributed by atoms with Crippen molar-refractivity contribution in [1.29, 1.82) is 0 Å². The molecular weight excluding hydrogens is 252 g/mol. The molecule has 1 aromatic heterocycles. The Balaban J connectivity index is 2.13. The molecule has 19 heavy (non-hydrogen) atoms. The minimum atomic E-state index is 0.334. The molecule has 0 saturated heterocycles. The summed E-state index contributed by atoms with van der Waals surface area (Å²) in [6.45, 7) is 10.8. The van der Waals surface area contributed by atoms with Crippen LogP contribution in [0.4, 0.5) is 0 Å². The van der Waals surface area contributed by atoms with Crippen molar-refractivity contribution in [3.63, 3.8) is 0 Å². The summed E-state index contributed by atoms with van der Waals surface area (Å²) >= 11 is 1.79. The van der Waals surface area contributed by atoms with Gasteiger partial charge in [-0.2, -0.15) is 0 Å². The van der Waals surface area contributed by atoms with Crippen molar-refractivity contribution >= 4 is 11.3 Å². The van der Waals surface area contributed by atoms with Gasteiger partial charge in [0.25, 0.3) is 0 Å². The molecule has 1 unspecified atom stereocenters. The van der Waals surface area contributed by atoms with Gasteiger partial charge in [-0.05, 0) is 45.7 Å². The number of benzene rings is 1. The first-order valence-electron chi connectivity index (χ1n) is 6.74. The van der Waals surface area contributed by atoms with Crippen molar-refractivity contribution in [2.75, 3.05) is 0 Å². The van der Waals surface area contributed by atoms with Gasteiger partial charge in [0.15, 0.2) is 0 Å². The number of rotatable bonds is 4. The fourth-order valence-corrected chi connectivity index (χ4v) is 3.50. The van der Waals surface area contributed by atoms with E-state index in [4.69, 9.17) is 0 Å². The van der Waals surface area contributed by atoms with Crippen molar-refractivity contribution in [1.82, 2.24) is 10.3 Å². The Morgan fingerprint density at radius 2 is 1.74 bits per heavy atom. The van der Waals surface area contributed by atoms with Crippen molar-refractivity contribution < 1.29 is 0 Å². The molecular formula is C16H22N2S. The highest BCUT2D eigenvalue weighted by Crippen LogP contribution is 2.27. The first-order valence-corrected chi connectivity index (χ1v) is 7.56. The average molecular weight is 274 g/mol. The van der Waals surface area contributed by atoms with Gasteiger partial charge >= 0.3 is 0 Å². The molecule has 0 aliphatic rings. The van der Waals surface area contributed by atoms with Gasteiger partial charge in [0.05, 0.1) is 10.7 Å². The van der Waals surface area contributed by atoms with Gasteiger partial charge in [-0.15, -0.1) is 11.3 Å². The maximum Gasteiger partial charge on any atom is 0.0900 e. The zero-order valence-electron chi connectivity index (χ0n) is 12.3. The molecule has 2 nitrogen and oxygen atoms in total. The van der Waals surface area contributed by atoms with Gasteiger partial charge in [-0.1, -0.05) is 24.3 Å². The Labute approximate surface area is 119 Å². The number of hydrogen-bond donors (Lipinski definition) is 1. The van der Waals surface area contributed by atoms with E-state index in [0.717, 1.165) is 10.7 Å². The van der Waals surface area contributed by atoms with Crippen LogP contribution < -0.4 is 5.32 Å². The minimum absolute atomic E-state index is 0.334. The van der Waals surface area contributed by atoms with E-state index in [2.05, 4.69) is 69.2 Å². The first-order chi connectivity index (χ1) is 8.99. The second kappa shape index (κ2) is 5.85. The van der Waals surface area contributed by atoms with E-state index < -0.39 is 0 Å². The third-order valence-electron chi connectivity index (χ3n) is 3.49. The maximum absolute atomic E-state index is 4.51. The molecule has 0 saturated carbocycles. The quantitative estimate of drug-likeness (QED) is 0.889. The lowest BCUT2D eigenvalue weighted by molar-refractivity contribution is 0.496. The van der Waals surface area contributed by atoms with E-state index in [9.17, 15) is 0 Å². The van der Waals surface area contributed by atoms with Crippen LogP contribution in [0.15, 0.2) is 24.3 Å². The summed E-state index contributed by atoms with van der Waals surface area (Å²) in [5.41, 5.74) is 3.86. The summed E-state index contributed by atoms with van der Waals surface area (Å²) in [4.78, 5) is 5.85. The molecule has 0 aliphatic carbocycles. The predicted molar refractivity (Wildman–Crippen MR) is 82.7 cm³/mol. The smallest absolute Gasteiger partial charge is 0.0900 e. The van der Waals surface area contributed by atoms with Crippen LogP contribution in [0, 0.1) is 20.8 Å². The van der Waals surface area contributed by atoms with Crippen LogP contribution in [0.3, 0.4) is 0 Å². The van der Waals surface area contributed by atoms with Crippen LogP contribution >= 0.6 is 11.3 Å². The zero-order chi connectivity index (χ0) is 14.0. The molecule has 2 aromatic rings. The Morgan fingerprint density at radius 3 is 2.32 bits per heavy atom. The molecule has 0 radical (unpaired) electrons. The SMILES string of the molecule is Cc1nc(C)c(C(C)N[C@@H](C)c2ccccc2C)s1. The first kappa shape index (κ1) is 14.2. The van der Waals surface area contributed by atoms with Crippen LogP contribution in [0.25, 0.3) is 0 Å². The molecule has 0 spiro atoms. The standard InChI is InChI=1S/C16H22N2S/c1-10-8-6-7-9-15(10)11(2)17-12(3)16-13(4)18-14(5)19-16/h6-9,11-12,17H,1-5H3/t11-,12?/m0/s1. The second-order valence-corrected chi connectivity index (χ2v) is 6.38. The topological polar surface area (TPSA) is 24.9 Å². The number of thiazole rings is 1. The van der Waals surface area contributed by atoms with Gasteiger partial charge in [0.2, 0.25) is 0 Å². The number of hydrogen-bond acceptors (Lipinski definition) is 3. The molecule has 1 aromatic carbocycles. The van der Waals surface area contributed by atoms with E-state index in [-0.39, 0.29) is 0 Å². The summed E-state index contributed by atoms with van der Waals surface area (Å²) < 4.78 is 0. The molecule has 1 N–H and O–H groups in total. The average Bonchev–Trinajstić information content (AvgIpc) is 2.69. The van der Waals surface area contributed by atoms with E-state index in [1.807, 2.05) is 0 Å². The van der Waals surface area contributed by atoms with Crippen LogP contribution in [-0.4, -0.2) is 4.98 Å². The number of nitrogens with zero attached hydrogens (tertiary/aromatic N) is 1. The molecule has 1 heterocycles. The summed E-state index contributed by atoms with van der Waals surface area (Å²) in [7, 11) is 0. The summed E-state index contributed by atoms with van der Waals surface area (Å²) in [5.74, 6) is 0. The summed E-state index contributed by atoms with van der Waals surface area (Å²) in [6, 6.07) is 9.24. The van der Waals surface area contributed by atoms with Crippen molar-refractivity contribution in [2.24, 2.45) is 0 Å². The fourth-order valence-electron chi connectivity index (χ4n) is 2.56. The lowest BCUT2D eigenvalue weighted by atomic mass is 10.0. The monoisotopic (exact) mass is 274 g/mol. The number of nitrogens with one attached hydrogen (secondary N) is 1. The molecule has 0 amide bonds. The van der Waals surface area contributed by atoms with Crippen molar-refractivity contribution in [3.8, 4) is 0 Å². The highest BCUT2D eigenvalue weighted by atomic mass is 32.1. The van der Waals surface area contributed by atoms with Crippen LogP contribution in [0.1, 0.15) is 52.6 Å². The maximum atomic E-state index is 4.51. The van der Waals surface area contributed by atoms with Gasteiger partial charge in [0.1, 0.15) is 0 Å². The van der Waals surface area contributed by atoms with Crippen molar-refractivity contribution in [3.05, 3.63) is 51.0 Å². The zero-order valence-corrected chi connectivity index (χ0v) is 13.1. The van der Waals surface area contributed by atoms with Crippen LogP contribution in [0.5, 0.6) is 0 Å². The van der Waals surface area contributed by atoms with Gasteiger partial charge in [-0.25, -0.2) is 4.98 Å². The Morgan fingerprint density at radius 1 is 1.05 bits per heavy atom. The number of aromatic nitrogens is 1. The lowest BCUT2D eigenvalue weighted by Gasteiger charge is -2.21. The highest BCUT2D eigenvalue weighted by Gasteiger charge is 2.16. The minimum Gasteiger partial charge on any atom is -0.303 e. The van der Waals surface area contributed by atoms with Gasteiger partial charge < -0.3 is 5.32 Å². The third-order valence-corrected chi connectivity index (χ3v) is 4.74. The summed E-state index contributed by atoms with van der Waals surface area (Å²) in [5, 5.41) is 4.82. The number of aryl methyl sites for hydroxylation is 3. The molecule has 0 fully saturated rings. The normalized spacial score (nSPS) is 14.4. The predicted octanol–water partition coefficient (Wildman–Crippen LogP) is 4.48. The highest BCUT2D eigenvalue weighted by molar-refractivity contribution is 7.11. The Kier molecular flexibility index (Phi) is 4.38. The van der Waals surface area contributed by atoms with E-state index in [0.29, 0.717) is 12.1 Å². The lowest BCUT2D eigenvalue weighted by Crippen LogP contribution is -2.22.